The Bertz CT molecular complexity index is 490. The molecule has 0 spiro atoms. The van der Waals surface area contributed by atoms with Gasteiger partial charge in [0.25, 0.3) is 0 Å². The number of hydrogen-bond donors (Lipinski definition) is 2. The van der Waals surface area contributed by atoms with E-state index < -0.39 is 0 Å². The van der Waals surface area contributed by atoms with Crippen molar-refractivity contribution in [1.29, 1.82) is 0 Å². The first-order chi connectivity index (χ1) is 8.58. The summed E-state index contributed by atoms with van der Waals surface area (Å²) in [5.41, 5.74) is 1.40. The quantitative estimate of drug-likeness (QED) is 0.845. The highest BCUT2D eigenvalue weighted by molar-refractivity contribution is 5.97. The van der Waals surface area contributed by atoms with Crippen molar-refractivity contribution in [3.63, 3.8) is 0 Å². The van der Waals surface area contributed by atoms with Gasteiger partial charge in [0.05, 0.1) is 6.54 Å². The number of benzene rings is 1. The van der Waals surface area contributed by atoms with Gasteiger partial charge in [-0.25, -0.2) is 9.18 Å². The molecule has 2 rings (SSSR count). The maximum absolute atomic E-state index is 12.9. The lowest BCUT2D eigenvalue weighted by Crippen LogP contribution is -2.38. The van der Waals surface area contributed by atoms with Gasteiger partial charge in [-0.2, -0.15) is 0 Å². The van der Waals surface area contributed by atoms with E-state index >= 15 is 0 Å². The van der Waals surface area contributed by atoms with Gasteiger partial charge in [0, 0.05) is 18.8 Å². The third-order valence-electron chi connectivity index (χ3n) is 2.78. The number of carbonyl (C=O) groups excluding carboxylic acids is 2. The number of aryl methyl sites for hydroxylation is 1. The van der Waals surface area contributed by atoms with Crippen LogP contribution in [0.15, 0.2) is 18.2 Å². The summed E-state index contributed by atoms with van der Waals surface area (Å²) in [6, 6.07) is 3.91. The molecule has 0 radical (unpaired) electrons. The van der Waals surface area contributed by atoms with Gasteiger partial charge >= 0.3 is 6.03 Å². The Balaban J connectivity index is 1.95. The molecule has 1 aromatic carbocycles. The molecule has 1 saturated heterocycles. The first-order valence-electron chi connectivity index (χ1n) is 5.66. The maximum Gasteiger partial charge on any atom is 0.324 e. The van der Waals surface area contributed by atoms with E-state index in [1.54, 1.807) is 13.0 Å². The fourth-order valence-electron chi connectivity index (χ4n) is 1.80. The molecule has 0 saturated carbocycles. The van der Waals surface area contributed by atoms with Crippen molar-refractivity contribution in [1.82, 2.24) is 10.2 Å². The summed E-state index contributed by atoms with van der Waals surface area (Å²) in [5, 5.41) is 5.46. The predicted molar refractivity (Wildman–Crippen MR) is 64.7 cm³/mol. The standard InChI is InChI=1S/C12H14FN3O2/c1-8-6-9(13)2-3-10(8)15-7-11(17)16-5-4-14-12(16)18/h2-3,6,15H,4-5,7H2,1H3,(H,14,18). The SMILES string of the molecule is Cc1cc(F)ccc1NCC(=O)N1CCNC1=O. The average Bonchev–Trinajstić information content (AvgIpc) is 2.74. The molecular formula is C12H14FN3O2. The minimum Gasteiger partial charge on any atom is -0.376 e. The van der Waals surface area contributed by atoms with Crippen molar-refractivity contribution >= 4 is 17.6 Å². The van der Waals surface area contributed by atoms with Gasteiger partial charge in [0.2, 0.25) is 5.91 Å². The second-order valence-corrected chi connectivity index (χ2v) is 4.09. The molecule has 1 aliphatic rings. The van der Waals surface area contributed by atoms with Crippen molar-refractivity contribution < 1.29 is 14.0 Å². The summed E-state index contributed by atoms with van der Waals surface area (Å²) in [5.74, 6) is -0.614. The molecule has 1 aromatic rings. The monoisotopic (exact) mass is 251 g/mol. The lowest BCUT2D eigenvalue weighted by atomic mass is 10.2. The van der Waals surface area contributed by atoms with E-state index in [0.717, 1.165) is 4.90 Å². The van der Waals surface area contributed by atoms with Crippen LogP contribution in [-0.2, 0) is 4.79 Å². The molecule has 3 amide bonds. The Morgan fingerprint density at radius 2 is 2.33 bits per heavy atom. The van der Waals surface area contributed by atoms with Crippen LogP contribution in [0.3, 0.4) is 0 Å². The molecule has 0 aliphatic carbocycles. The van der Waals surface area contributed by atoms with Crippen LogP contribution in [0.4, 0.5) is 14.9 Å². The zero-order valence-corrected chi connectivity index (χ0v) is 10.00. The van der Waals surface area contributed by atoms with E-state index in [9.17, 15) is 14.0 Å². The van der Waals surface area contributed by atoms with Gasteiger partial charge in [-0.1, -0.05) is 0 Å². The number of amides is 3. The molecule has 6 heteroatoms. The molecule has 18 heavy (non-hydrogen) atoms. The first-order valence-corrected chi connectivity index (χ1v) is 5.66. The predicted octanol–water partition coefficient (Wildman–Crippen LogP) is 1.10. The number of urea groups is 1. The van der Waals surface area contributed by atoms with E-state index in [-0.39, 0.29) is 24.3 Å². The normalized spacial score (nSPS) is 14.6. The van der Waals surface area contributed by atoms with Crippen molar-refractivity contribution in [2.24, 2.45) is 0 Å². The summed E-state index contributed by atoms with van der Waals surface area (Å²) >= 11 is 0. The number of hydrogen-bond acceptors (Lipinski definition) is 3. The van der Waals surface area contributed by atoms with E-state index in [4.69, 9.17) is 0 Å². The van der Waals surface area contributed by atoms with Crippen molar-refractivity contribution in [2.45, 2.75) is 6.92 Å². The molecule has 0 bridgehead atoms. The summed E-state index contributed by atoms with van der Waals surface area (Å²) in [4.78, 5) is 24.1. The maximum atomic E-state index is 12.9. The molecule has 5 nitrogen and oxygen atoms in total. The zero-order valence-electron chi connectivity index (χ0n) is 10.00. The van der Waals surface area contributed by atoms with Crippen LogP contribution in [0.2, 0.25) is 0 Å². The first kappa shape index (κ1) is 12.3. The second kappa shape index (κ2) is 5.03. The van der Waals surface area contributed by atoms with Gasteiger partial charge in [-0.3, -0.25) is 9.69 Å². The fraction of sp³-hybridized carbons (Fsp3) is 0.333. The van der Waals surface area contributed by atoms with Crippen LogP contribution in [0.25, 0.3) is 0 Å². The Kier molecular flexibility index (Phi) is 3.45. The number of anilines is 1. The fourth-order valence-corrected chi connectivity index (χ4v) is 1.80. The van der Waals surface area contributed by atoms with Crippen molar-refractivity contribution in [2.75, 3.05) is 25.0 Å². The van der Waals surface area contributed by atoms with Crippen LogP contribution < -0.4 is 10.6 Å². The third-order valence-corrected chi connectivity index (χ3v) is 2.78. The summed E-state index contributed by atoms with van der Waals surface area (Å²) < 4.78 is 12.9. The van der Waals surface area contributed by atoms with Gasteiger partial charge in [0.15, 0.2) is 0 Å². The smallest absolute Gasteiger partial charge is 0.324 e. The molecule has 1 heterocycles. The minimum absolute atomic E-state index is 0.0138. The molecule has 2 N–H and O–H groups in total. The minimum atomic E-state index is -0.363. The highest BCUT2D eigenvalue weighted by Gasteiger charge is 2.25. The zero-order chi connectivity index (χ0) is 13.1. The Hall–Kier alpha value is -2.11. The van der Waals surface area contributed by atoms with E-state index in [0.29, 0.717) is 24.3 Å². The lowest BCUT2D eigenvalue weighted by Gasteiger charge is -2.14. The average molecular weight is 251 g/mol. The molecule has 0 unspecified atom stereocenters. The van der Waals surface area contributed by atoms with E-state index in [1.165, 1.54) is 12.1 Å². The van der Waals surface area contributed by atoms with Crippen LogP contribution in [-0.4, -0.2) is 36.5 Å². The number of rotatable bonds is 3. The van der Waals surface area contributed by atoms with Crippen LogP contribution >= 0.6 is 0 Å². The summed E-state index contributed by atoms with van der Waals surface area (Å²) in [6.07, 6.45) is 0. The lowest BCUT2D eigenvalue weighted by molar-refractivity contribution is -0.125. The Morgan fingerprint density at radius 1 is 1.56 bits per heavy atom. The molecule has 1 fully saturated rings. The molecular weight excluding hydrogens is 237 g/mol. The second-order valence-electron chi connectivity index (χ2n) is 4.09. The van der Waals surface area contributed by atoms with Gasteiger partial charge < -0.3 is 10.6 Å². The van der Waals surface area contributed by atoms with Crippen LogP contribution in [0.1, 0.15) is 5.56 Å². The Labute approximate surface area is 104 Å². The summed E-state index contributed by atoms with van der Waals surface area (Å²) in [6.45, 7) is 2.64. The van der Waals surface area contributed by atoms with Crippen LogP contribution in [0.5, 0.6) is 0 Å². The molecule has 96 valence electrons. The molecule has 1 aliphatic heterocycles. The highest BCUT2D eigenvalue weighted by Crippen LogP contribution is 2.15. The number of carbonyl (C=O) groups is 2. The van der Waals surface area contributed by atoms with E-state index in [1.807, 2.05) is 0 Å². The number of nitrogens with one attached hydrogen (secondary N) is 2. The van der Waals surface area contributed by atoms with Crippen LogP contribution in [0, 0.1) is 12.7 Å². The summed E-state index contributed by atoms with van der Waals surface area (Å²) in [7, 11) is 0. The third kappa shape index (κ3) is 2.58. The topological polar surface area (TPSA) is 61.4 Å². The Morgan fingerprint density at radius 3 is 2.94 bits per heavy atom. The largest absolute Gasteiger partial charge is 0.376 e. The highest BCUT2D eigenvalue weighted by atomic mass is 19.1. The van der Waals surface area contributed by atoms with Crippen molar-refractivity contribution in [3.8, 4) is 0 Å². The number of halogens is 1. The number of imide groups is 1. The van der Waals surface area contributed by atoms with E-state index in [2.05, 4.69) is 10.6 Å². The molecule has 0 aromatic heterocycles. The number of nitrogens with zero attached hydrogens (tertiary/aromatic N) is 1. The van der Waals surface area contributed by atoms with Gasteiger partial charge in [-0.05, 0) is 30.7 Å². The molecule has 0 atom stereocenters. The van der Waals surface area contributed by atoms with Gasteiger partial charge in [-0.15, -0.1) is 0 Å². The van der Waals surface area contributed by atoms with Gasteiger partial charge in [0.1, 0.15) is 5.82 Å². The van der Waals surface area contributed by atoms with Crippen molar-refractivity contribution in [3.05, 3.63) is 29.6 Å².